The molecule has 0 bridgehead atoms. The second kappa shape index (κ2) is 13.3. The molecule has 1 aliphatic heterocycles. The predicted molar refractivity (Wildman–Crippen MR) is 123 cm³/mol. The van der Waals surface area contributed by atoms with Crippen molar-refractivity contribution in [3.8, 4) is 0 Å². The molecule has 0 spiro atoms. The van der Waals surface area contributed by atoms with Crippen LogP contribution in [0.4, 0.5) is 0 Å². The van der Waals surface area contributed by atoms with Crippen LogP contribution in [0.2, 0.25) is 0 Å². The van der Waals surface area contributed by atoms with Crippen molar-refractivity contribution in [3.05, 3.63) is 35.9 Å². The van der Waals surface area contributed by atoms with E-state index in [0.717, 1.165) is 64.7 Å². The summed E-state index contributed by atoms with van der Waals surface area (Å²) in [6.07, 6.45) is 3.39. The summed E-state index contributed by atoms with van der Waals surface area (Å²) >= 11 is 0. The minimum absolute atomic E-state index is 0. The average Bonchev–Trinajstić information content (AvgIpc) is 2.67. The molecule has 1 aliphatic rings. The number of benzene rings is 1. The van der Waals surface area contributed by atoms with Crippen LogP contribution in [-0.4, -0.2) is 51.5 Å². The van der Waals surface area contributed by atoms with Crippen LogP contribution in [0.25, 0.3) is 0 Å². The van der Waals surface area contributed by atoms with Gasteiger partial charge in [0.05, 0.1) is 12.6 Å². The lowest BCUT2D eigenvalue weighted by Gasteiger charge is -2.24. The van der Waals surface area contributed by atoms with Crippen molar-refractivity contribution in [1.29, 1.82) is 0 Å². The SMILES string of the molecule is CCNC(=NCC(C)(C)c1ccccc1)NCCCOC1CCOCC1.I. The number of hydrogen-bond acceptors (Lipinski definition) is 3. The molecule has 5 nitrogen and oxygen atoms in total. The molecular weight excluding hydrogens is 453 g/mol. The van der Waals surface area contributed by atoms with Gasteiger partial charge < -0.3 is 20.1 Å². The first kappa shape index (κ1) is 24.2. The third-order valence-corrected chi connectivity index (χ3v) is 4.67. The number of aliphatic imine (C=N–C) groups is 1. The van der Waals surface area contributed by atoms with Crippen LogP contribution in [-0.2, 0) is 14.9 Å². The number of guanidine groups is 1. The van der Waals surface area contributed by atoms with Crippen LogP contribution in [0.15, 0.2) is 35.3 Å². The normalized spacial score (nSPS) is 15.9. The van der Waals surface area contributed by atoms with Gasteiger partial charge in [-0.25, -0.2) is 0 Å². The van der Waals surface area contributed by atoms with E-state index in [9.17, 15) is 0 Å². The van der Waals surface area contributed by atoms with Crippen LogP contribution >= 0.6 is 24.0 Å². The number of rotatable bonds is 9. The molecule has 0 aromatic heterocycles. The lowest BCUT2D eigenvalue weighted by Crippen LogP contribution is -2.39. The molecule has 0 unspecified atom stereocenters. The van der Waals surface area contributed by atoms with Crippen LogP contribution in [0.3, 0.4) is 0 Å². The number of nitrogens with one attached hydrogen (secondary N) is 2. The smallest absolute Gasteiger partial charge is 0.191 e. The topological polar surface area (TPSA) is 54.9 Å². The molecule has 2 rings (SSSR count). The van der Waals surface area contributed by atoms with Crippen molar-refractivity contribution in [1.82, 2.24) is 10.6 Å². The van der Waals surface area contributed by atoms with E-state index in [1.165, 1.54) is 5.56 Å². The maximum atomic E-state index is 5.92. The van der Waals surface area contributed by atoms with E-state index in [1.54, 1.807) is 0 Å². The molecule has 0 radical (unpaired) electrons. The third-order valence-electron chi connectivity index (χ3n) is 4.67. The minimum Gasteiger partial charge on any atom is -0.381 e. The molecule has 1 aromatic carbocycles. The highest BCUT2D eigenvalue weighted by Gasteiger charge is 2.20. The van der Waals surface area contributed by atoms with Gasteiger partial charge in [-0.3, -0.25) is 4.99 Å². The van der Waals surface area contributed by atoms with Gasteiger partial charge >= 0.3 is 0 Å². The summed E-state index contributed by atoms with van der Waals surface area (Å²) in [5.41, 5.74) is 1.32. The van der Waals surface area contributed by atoms with Crippen molar-refractivity contribution >= 4 is 29.9 Å². The molecular formula is C21H36IN3O2. The number of hydrogen-bond donors (Lipinski definition) is 2. The van der Waals surface area contributed by atoms with Crippen molar-refractivity contribution in [2.45, 2.75) is 51.6 Å². The quantitative estimate of drug-likeness (QED) is 0.240. The van der Waals surface area contributed by atoms with Crippen molar-refractivity contribution in [2.75, 3.05) is 39.5 Å². The van der Waals surface area contributed by atoms with Gasteiger partial charge in [0, 0.05) is 38.3 Å². The minimum atomic E-state index is 0. The van der Waals surface area contributed by atoms with Crippen LogP contribution in [0.5, 0.6) is 0 Å². The van der Waals surface area contributed by atoms with E-state index in [0.29, 0.717) is 6.10 Å². The lowest BCUT2D eigenvalue weighted by molar-refractivity contribution is -0.0320. The summed E-state index contributed by atoms with van der Waals surface area (Å²) in [6.45, 7) is 11.5. The summed E-state index contributed by atoms with van der Waals surface area (Å²) < 4.78 is 11.3. The van der Waals surface area contributed by atoms with E-state index in [2.05, 4.69) is 61.7 Å². The van der Waals surface area contributed by atoms with E-state index in [-0.39, 0.29) is 29.4 Å². The van der Waals surface area contributed by atoms with E-state index in [4.69, 9.17) is 14.5 Å². The maximum absolute atomic E-state index is 5.92. The van der Waals surface area contributed by atoms with E-state index < -0.39 is 0 Å². The largest absolute Gasteiger partial charge is 0.381 e. The summed E-state index contributed by atoms with van der Waals surface area (Å²) in [7, 11) is 0. The second-order valence-electron chi connectivity index (χ2n) is 7.41. The zero-order chi connectivity index (χ0) is 18.7. The van der Waals surface area contributed by atoms with Crippen molar-refractivity contribution in [2.24, 2.45) is 4.99 Å². The van der Waals surface area contributed by atoms with Gasteiger partial charge in [0.1, 0.15) is 0 Å². The molecule has 1 fully saturated rings. The maximum Gasteiger partial charge on any atom is 0.191 e. The Labute approximate surface area is 181 Å². The van der Waals surface area contributed by atoms with Gasteiger partial charge in [-0.05, 0) is 31.7 Å². The molecule has 0 amide bonds. The van der Waals surface area contributed by atoms with Crippen LogP contribution in [0, 0.1) is 0 Å². The highest BCUT2D eigenvalue weighted by Crippen LogP contribution is 2.22. The summed E-state index contributed by atoms with van der Waals surface area (Å²) in [5.74, 6) is 0.877. The Kier molecular flexibility index (Phi) is 11.9. The Morgan fingerprint density at radius 3 is 2.56 bits per heavy atom. The zero-order valence-corrected chi connectivity index (χ0v) is 19.3. The molecule has 2 N–H and O–H groups in total. The standard InChI is InChI=1S/C21H35N3O2.HI/c1-4-22-20(23-13-8-14-26-19-11-15-25-16-12-19)24-17-21(2,3)18-9-6-5-7-10-18;/h5-7,9-10,19H,4,8,11-17H2,1-3H3,(H2,22,23,24);1H. The monoisotopic (exact) mass is 489 g/mol. The molecule has 0 aliphatic carbocycles. The van der Waals surface area contributed by atoms with Crippen molar-refractivity contribution < 1.29 is 9.47 Å². The zero-order valence-electron chi connectivity index (χ0n) is 17.0. The second-order valence-corrected chi connectivity index (χ2v) is 7.41. The van der Waals surface area contributed by atoms with Crippen LogP contribution < -0.4 is 10.6 Å². The molecule has 6 heteroatoms. The Morgan fingerprint density at radius 1 is 1.19 bits per heavy atom. The Hall–Kier alpha value is -0.860. The highest BCUT2D eigenvalue weighted by atomic mass is 127. The molecule has 1 heterocycles. The third kappa shape index (κ3) is 9.25. The molecule has 0 atom stereocenters. The van der Waals surface area contributed by atoms with E-state index >= 15 is 0 Å². The highest BCUT2D eigenvalue weighted by molar-refractivity contribution is 14.0. The number of halogens is 1. The fourth-order valence-corrected chi connectivity index (χ4v) is 2.97. The Balaban J connectivity index is 0.00000364. The number of nitrogens with zero attached hydrogens (tertiary/aromatic N) is 1. The number of ether oxygens (including phenoxy) is 2. The molecule has 27 heavy (non-hydrogen) atoms. The van der Waals surface area contributed by atoms with E-state index in [1.807, 2.05) is 0 Å². The average molecular weight is 489 g/mol. The van der Waals surface area contributed by atoms with Gasteiger partial charge in [-0.1, -0.05) is 44.2 Å². The summed E-state index contributed by atoms with van der Waals surface area (Å²) in [5, 5.41) is 6.75. The van der Waals surface area contributed by atoms with Gasteiger partial charge in [0.2, 0.25) is 0 Å². The Bertz CT molecular complexity index is 531. The summed E-state index contributed by atoms with van der Waals surface area (Å²) in [6, 6.07) is 10.6. The fraction of sp³-hybridized carbons (Fsp3) is 0.667. The van der Waals surface area contributed by atoms with Gasteiger partial charge in [-0.2, -0.15) is 0 Å². The Morgan fingerprint density at radius 2 is 1.89 bits per heavy atom. The van der Waals surface area contributed by atoms with Crippen molar-refractivity contribution in [3.63, 3.8) is 0 Å². The van der Waals surface area contributed by atoms with Gasteiger partial charge in [0.25, 0.3) is 0 Å². The lowest BCUT2D eigenvalue weighted by atomic mass is 9.85. The first-order valence-corrected chi connectivity index (χ1v) is 9.89. The van der Waals surface area contributed by atoms with Gasteiger partial charge in [0.15, 0.2) is 5.96 Å². The first-order chi connectivity index (χ1) is 12.6. The first-order valence-electron chi connectivity index (χ1n) is 9.89. The molecule has 154 valence electrons. The van der Waals surface area contributed by atoms with Crippen LogP contribution in [0.1, 0.15) is 45.6 Å². The van der Waals surface area contributed by atoms with Gasteiger partial charge in [-0.15, -0.1) is 24.0 Å². The predicted octanol–water partition coefficient (Wildman–Crippen LogP) is 3.72. The molecule has 0 saturated carbocycles. The molecule has 1 aromatic rings. The molecule has 1 saturated heterocycles. The summed E-state index contributed by atoms with van der Waals surface area (Å²) in [4.78, 5) is 4.79. The fourth-order valence-electron chi connectivity index (χ4n) is 2.97.